The maximum absolute atomic E-state index is 10.7. The van der Waals surface area contributed by atoms with E-state index >= 15 is 0 Å². The molecule has 0 spiro atoms. The van der Waals surface area contributed by atoms with Gasteiger partial charge in [0.25, 0.3) is 10.1 Å². The molecule has 0 aliphatic rings. The van der Waals surface area contributed by atoms with Gasteiger partial charge in [-0.1, -0.05) is 0 Å². The molecule has 0 fully saturated rings. The molecule has 0 atom stereocenters. The first-order valence-corrected chi connectivity index (χ1v) is 5.04. The van der Waals surface area contributed by atoms with Gasteiger partial charge in [-0.2, -0.15) is 8.42 Å². The van der Waals surface area contributed by atoms with Crippen LogP contribution in [0.5, 0.6) is 5.75 Å². The Kier molecular flexibility index (Phi) is 2.32. The Morgan fingerprint density at radius 1 is 1.15 bits per heavy atom. The average molecular weight is 202 g/mol. The molecule has 4 nitrogen and oxygen atoms in total. The second-order valence-corrected chi connectivity index (χ2v) is 4.27. The molecule has 0 amide bonds. The number of rotatable bonds is 1. The highest BCUT2D eigenvalue weighted by atomic mass is 32.2. The summed E-state index contributed by atoms with van der Waals surface area (Å²) in [6, 6.07) is 2.54. The molecule has 0 saturated carbocycles. The normalized spacial score (nSPS) is 11.6. The van der Waals surface area contributed by atoms with E-state index in [4.69, 9.17) is 4.55 Å². The molecule has 0 heterocycles. The molecule has 72 valence electrons. The molecule has 13 heavy (non-hydrogen) atoms. The van der Waals surface area contributed by atoms with Gasteiger partial charge < -0.3 is 5.11 Å². The van der Waals surface area contributed by atoms with E-state index in [1.807, 2.05) is 0 Å². The van der Waals surface area contributed by atoms with Gasteiger partial charge in [-0.25, -0.2) is 0 Å². The fourth-order valence-corrected chi connectivity index (χ4v) is 1.63. The Morgan fingerprint density at radius 3 is 2.08 bits per heavy atom. The van der Waals surface area contributed by atoms with Gasteiger partial charge in [0.15, 0.2) is 0 Å². The number of aryl methyl sites for hydroxylation is 2. The Labute approximate surface area is 76.6 Å². The summed E-state index contributed by atoms with van der Waals surface area (Å²) in [5.41, 5.74) is 1.47. The van der Waals surface area contributed by atoms with Crippen LogP contribution in [0.2, 0.25) is 0 Å². The van der Waals surface area contributed by atoms with Gasteiger partial charge in [-0.15, -0.1) is 0 Å². The highest BCUT2D eigenvalue weighted by molar-refractivity contribution is 7.86. The molecular formula is C8H10O4S. The van der Waals surface area contributed by atoms with Crippen LogP contribution in [0.1, 0.15) is 11.1 Å². The van der Waals surface area contributed by atoms with Crippen LogP contribution in [0, 0.1) is 13.8 Å². The number of hydrogen-bond acceptors (Lipinski definition) is 3. The van der Waals surface area contributed by atoms with Crippen molar-refractivity contribution in [3.05, 3.63) is 23.3 Å². The first-order chi connectivity index (χ1) is 5.82. The van der Waals surface area contributed by atoms with Gasteiger partial charge in [-0.05, 0) is 37.1 Å². The van der Waals surface area contributed by atoms with Crippen LogP contribution in [0.25, 0.3) is 0 Å². The SMILES string of the molecule is Cc1cc(O)c(S(=O)(=O)O)cc1C. The van der Waals surface area contributed by atoms with Gasteiger partial charge in [0.2, 0.25) is 0 Å². The molecule has 0 saturated heterocycles. The molecule has 0 aromatic heterocycles. The van der Waals surface area contributed by atoms with E-state index in [1.54, 1.807) is 13.8 Å². The highest BCUT2D eigenvalue weighted by Gasteiger charge is 2.15. The van der Waals surface area contributed by atoms with E-state index in [0.29, 0.717) is 5.56 Å². The van der Waals surface area contributed by atoms with Gasteiger partial charge >= 0.3 is 0 Å². The Bertz CT molecular complexity index is 434. The largest absolute Gasteiger partial charge is 0.506 e. The summed E-state index contributed by atoms with van der Waals surface area (Å²) in [7, 11) is -4.32. The minimum absolute atomic E-state index is 0.425. The predicted molar refractivity (Wildman–Crippen MR) is 47.4 cm³/mol. The zero-order valence-electron chi connectivity index (χ0n) is 7.27. The quantitative estimate of drug-likeness (QED) is 0.672. The first kappa shape index (κ1) is 10.0. The van der Waals surface area contributed by atoms with E-state index in [1.165, 1.54) is 12.1 Å². The minimum atomic E-state index is -4.32. The van der Waals surface area contributed by atoms with Crippen molar-refractivity contribution < 1.29 is 18.1 Å². The van der Waals surface area contributed by atoms with Crippen LogP contribution in [0.4, 0.5) is 0 Å². The number of phenolic OH excluding ortho intramolecular Hbond substituents is 1. The lowest BCUT2D eigenvalue weighted by molar-refractivity contribution is 0.442. The lowest BCUT2D eigenvalue weighted by Gasteiger charge is -2.05. The maximum atomic E-state index is 10.7. The van der Waals surface area contributed by atoms with E-state index in [2.05, 4.69) is 0 Å². The molecule has 2 N–H and O–H groups in total. The van der Waals surface area contributed by atoms with Crippen molar-refractivity contribution in [2.24, 2.45) is 0 Å². The molecule has 0 aliphatic carbocycles. The van der Waals surface area contributed by atoms with Crippen molar-refractivity contribution in [2.75, 3.05) is 0 Å². The third kappa shape index (κ3) is 1.99. The number of aromatic hydroxyl groups is 1. The first-order valence-electron chi connectivity index (χ1n) is 3.60. The second-order valence-electron chi connectivity index (χ2n) is 2.88. The van der Waals surface area contributed by atoms with Gasteiger partial charge in [0.1, 0.15) is 10.6 Å². The third-order valence-electron chi connectivity index (χ3n) is 1.85. The van der Waals surface area contributed by atoms with Crippen molar-refractivity contribution in [1.29, 1.82) is 0 Å². The predicted octanol–water partition coefficient (Wildman–Crippen LogP) is 1.26. The van der Waals surface area contributed by atoms with Crippen LogP contribution in [0.15, 0.2) is 17.0 Å². The third-order valence-corrected chi connectivity index (χ3v) is 2.74. The molecule has 0 bridgehead atoms. The highest BCUT2D eigenvalue weighted by Crippen LogP contribution is 2.25. The molecule has 1 aromatic rings. The lowest BCUT2D eigenvalue weighted by atomic mass is 10.1. The fourth-order valence-electron chi connectivity index (χ4n) is 0.981. The van der Waals surface area contributed by atoms with Crippen LogP contribution in [-0.2, 0) is 10.1 Å². The summed E-state index contributed by atoms with van der Waals surface area (Å²) in [5, 5.41) is 9.21. The monoisotopic (exact) mass is 202 g/mol. The Balaban J connectivity index is 3.50. The zero-order valence-corrected chi connectivity index (χ0v) is 8.09. The summed E-state index contributed by atoms with van der Waals surface area (Å²) in [6.45, 7) is 3.44. The van der Waals surface area contributed by atoms with Crippen LogP contribution in [-0.4, -0.2) is 18.1 Å². The molecular weight excluding hydrogens is 192 g/mol. The van der Waals surface area contributed by atoms with Crippen LogP contribution in [0.3, 0.4) is 0 Å². The summed E-state index contributed by atoms with van der Waals surface area (Å²) in [5.74, 6) is -0.425. The average Bonchev–Trinajstić information content (AvgIpc) is 1.94. The number of hydrogen-bond donors (Lipinski definition) is 2. The van der Waals surface area contributed by atoms with E-state index in [9.17, 15) is 13.5 Å². The van der Waals surface area contributed by atoms with Crippen molar-refractivity contribution in [2.45, 2.75) is 18.7 Å². The van der Waals surface area contributed by atoms with Crippen LogP contribution >= 0.6 is 0 Å². The van der Waals surface area contributed by atoms with E-state index < -0.39 is 20.8 Å². The number of phenols is 1. The minimum Gasteiger partial charge on any atom is -0.506 e. The van der Waals surface area contributed by atoms with E-state index in [-0.39, 0.29) is 0 Å². The molecule has 0 unspecified atom stereocenters. The van der Waals surface area contributed by atoms with E-state index in [0.717, 1.165) is 5.56 Å². The maximum Gasteiger partial charge on any atom is 0.298 e. The van der Waals surface area contributed by atoms with Crippen molar-refractivity contribution in [1.82, 2.24) is 0 Å². The topological polar surface area (TPSA) is 74.6 Å². The van der Waals surface area contributed by atoms with Crippen LogP contribution < -0.4 is 0 Å². The summed E-state index contributed by atoms with van der Waals surface area (Å²) in [4.78, 5) is -0.449. The standard InChI is InChI=1S/C8H10O4S/c1-5-3-7(9)8(4-6(5)2)13(10,11)12/h3-4,9H,1-2H3,(H,10,11,12). The second kappa shape index (κ2) is 3.01. The Hall–Kier alpha value is -1.07. The van der Waals surface area contributed by atoms with Gasteiger partial charge in [0, 0.05) is 0 Å². The van der Waals surface area contributed by atoms with Gasteiger partial charge in [0.05, 0.1) is 0 Å². The summed E-state index contributed by atoms with van der Waals surface area (Å²) >= 11 is 0. The van der Waals surface area contributed by atoms with Crippen molar-refractivity contribution in [3.63, 3.8) is 0 Å². The van der Waals surface area contributed by atoms with Crippen molar-refractivity contribution >= 4 is 10.1 Å². The zero-order chi connectivity index (χ0) is 10.2. The van der Waals surface area contributed by atoms with Crippen molar-refractivity contribution in [3.8, 4) is 5.75 Å². The molecule has 0 aliphatic heterocycles. The fraction of sp³-hybridized carbons (Fsp3) is 0.250. The summed E-state index contributed by atoms with van der Waals surface area (Å²) in [6.07, 6.45) is 0. The Morgan fingerprint density at radius 2 is 1.62 bits per heavy atom. The summed E-state index contributed by atoms with van der Waals surface area (Å²) < 4.78 is 30.1. The molecule has 1 rings (SSSR count). The molecule has 5 heteroatoms. The molecule has 0 radical (unpaired) electrons. The lowest BCUT2D eigenvalue weighted by Crippen LogP contribution is -1.99. The number of benzene rings is 1. The smallest absolute Gasteiger partial charge is 0.298 e. The molecule has 1 aromatic carbocycles. The van der Waals surface area contributed by atoms with Gasteiger partial charge in [-0.3, -0.25) is 4.55 Å².